The van der Waals surface area contributed by atoms with Crippen molar-refractivity contribution in [2.24, 2.45) is 9.39 Å². The molecule has 0 fully saturated rings. The monoisotopic (exact) mass is 330 g/mol. The van der Waals surface area contributed by atoms with Gasteiger partial charge in [0.15, 0.2) is 5.78 Å². The van der Waals surface area contributed by atoms with Gasteiger partial charge in [0.25, 0.3) is 10.0 Å². The molecular formula is C17H18N2O3S. The number of carbonyl (C=O) groups excluding carboxylic acids is 1. The summed E-state index contributed by atoms with van der Waals surface area (Å²) in [5.74, 6) is 0.0243. The summed E-state index contributed by atoms with van der Waals surface area (Å²) in [6.45, 7) is 6.92. The Kier molecular flexibility index (Phi) is 4.75. The van der Waals surface area contributed by atoms with E-state index < -0.39 is 10.0 Å². The third-order valence-electron chi connectivity index (χ3n) is 3.31. The van der Waals surface area contributed by atoms with Crippen LogP contribution in [0.25, 0.3) is 0 Å². The molecule has 0 saturated carbocycles. The van der Waals surface area contributed by atoms with Crippen LogP contribution in [0.1, 0.15) is 26.3 Å². The lowest BCUT2D eigenvalue weighted by Crippen LogP contribution is -2.13. The molecule has 1 aromatic carbocycles. The summed E-state index contributed by atoms with van der Waals surface area (Å²) >= 11 is 0. The van der Waals surface area contributed by atoms with E-state index in [-0.39, 0.29) is 16.5 Å². The van der Waals surface area contributed by atoms with Crippen molar-refractivity contribution in [1.82, 2.24) is 0 Å². The first-order valence-electron chi connectivity index (χ1n) is 7.07. The number of amidine groups is 1. The molecule has 0 saturated heterocycles. The maximum Gasteiger partial charge on any atom is 0.283 e. The molecule has 1 aliphatic carbocycles. The normalized spacial score (nSPS) is 16.1. The molecule has 0 spiro atoms. The Morgan fingerprint density at radius 2 is 1.48 bits per heavy atom. The number of carbonyl (C=O) groups is 1. The Hall–Kier alpha value is -2.34. The summed E-state index contributed by atoms with van der Waals surface area (Å²) < 4.78 is 28.3. The van der Waals surface area contributed by atoms with Crippen molar-refractivity contribution >= 4 is 27.4 Å². The van der Waals surface area contributed by atoms with Gasteiger partial charge in [-0.05, 0) is 63.1 Å². The van der Waals surface area contributed by atoms with E-state index in [2.05, 4.69) is 9.39 Å². The number of benzene rings is 1. The number of sulfonamides is 1. The van der Waals surface area contributed by atoms with Crippen LogP contribution in [0.15, 0.2) is 61.8 Å². The topological polar surface area (TPSA) is 75.9 Å². The van der Waals surface area contributed by atoms with Crippen LogP contribution < -0.4 is 0 Å². The number of rotatable bonds is 2. The van der Waals surface area contributed by atoms with E-state index in [4.69, 9.17) is 0 Å². The summed E-state index contributed by atoms with van der Waals surface area (Å²) in [6, 6.07) is 6.47. The van der Waals surface area contributed by atoms with Gasteiger partial charge in [-0.1, -0.05) is 17.7 Å². The molecule has 0 radical (unpaired) electrons. The Morgan fingerprint density at radius 1 is 0.957 bits per heavy atom. The zero-order valence-electron chi connectivity index (χ0n) is 13.5. The maximum atomic E-state index is 12.3. The molecule has 0 bridgehead atoms. The zero-order valence-corrected chi connectivity index (χ0v) is 14.3. The number of hydrogen-bond donors (Lipinski definition) is 0. The summed E-state index contributed by atoms with van der Waals surface area (Å²) in [4.78, 5) is 15.8. The third-order valence-corrected chi connectivity index (χ3v) is 4.68. The fourth-order valence-corrected chi connectivity index (χ4v) is 3.19. The molecule has 0 aromatic heterocycles. The van der Waals surface area contributed by atoms with Gasteiger partial charge in [0.05, 0.1) is 10.6 Å². The van der Waals surface area contributed by atoms with Crippen molar-refractivity contribution in [3.05, 3.63) is 53.1 Å². The molecule has 0 aliphatic heterocycles. The van der Waals surface area contributed by atoms with Crippen molar-refractivity contribution in [2.75, 3.05) is 0 Å². The minimum absolute atomic E-state index is 0.0965. The largest absolute Gasteiger partial charge is 0.290 e. The third kappa shape index (κ3) is 4.10. The van der Waals surface area contributed by atoms with Crippen LogP contribution in [-0.4, -0.2) is 25.7 Å². The minimum Gasteiger partial charge on any atom is -0.290 e. The van der Waals surface area contributed by atoms with Crippen molar-refractivity contribution in [3.8, 4) is 0 Å². The number of allylic oxidation sites excluding steroid dienone is 4. The number of hydrogen-bond acceptors (Lipinski definition) is 3. The predicted molar refractivity (Wildman–Crippen MR) is 91.4 cm³/mol. The van der Waals surface area contributed by atoms with E-state index >= 15 is 0 Å². The van der Waals surface area contributed by atoms with Crippen molar-refractivity contribution in [1.29, 1.82) is 0 Å². The second-order valence-electron chi connectivity index (χ2n) is 5.44. The van der Waals surface area contributed by atoms with Crippen molar-refractivity contribution in [2.45, 2.75) is 32.6 Å². The van der Waals surface area contributed by atoms with E-state index in [0.717, 1.165) is 5.56 Å². The van der Waals surface area contributed by atoms with Crippen molar-refractivity contribution in [3.63, 3.8) is 0 Å². The van der Waals surface area contributed by atoms with Crippen LogP contribution in [0.5, 0.6) is 0 Å². The minimum atomic E-state index is -3.80. The molecule has 6 heteroatoms. The Labute approximate surface area is 136 Å². The molecule has 0 amide bonds. The van der Waals surface area contributed by atoms with Gasteiger partial charge in [0.2, 0.25) is 0 Å². The fourth-order valence-electron chi connectivity index (χ4n) is 2.21. The van der Waals surface area contributed by atoms with E-state index in [9.17, 15) is 13.2 Å². The van der Waals surface area contributed by atoms with Gasteiger partial charge in [0.1, 0.15) is 5.84 Å². The molecule has 1 aromatic rings. The first kappa shape index (κ1) is 17.0. The van der Waals surface area contributed by atoms with Gasteiger partial charge in [-0.25, -0.2) is 4.99 Å². The SMILES string of the molecule is CC1=CC(=O)C=C(C)C1=N/C(C)=N/S(=O)(=O)c1ccc(C)cc1. The highest BCUT2D eigenvalue weighted by Crippen LogP contribution is 2.16. The van der Waals surface area contributed by atoms with Crippen LogP contribution in [0, 0.1) is 6.92 Å². The molecular weight excluding hydrogens is 312 g/mol. The van der Waals surface area contributed by atoms with E-state index in [1.165, 1.54) is 31.2 Å². The second-order valence-corrected chi connectivity index (χ2v) is 7.05. The molecule has 1 aliphatic rings. The van der Waals surface area contributed by atoms with Crippen LogP contribution >= 0.6 is 0 Å². The van der Waals surface area contributed by atoms with Gasteiger partial charge >= 0.3 is 0 Å². The molecule has 120 valence electrons. The number of nitrogens with zero attached hydrogens (tertiary/aromatic N) is 2. The molecule has 23 heavy (non-hydrogen) atoms. The highest BCUT2D eigenvalue weighted by molar-refractivity contribution is 7.90. The van der Waals surface area contributed by atoms with E-state index in [1.54, 1.807) is 26.0 Å². The zero-order chi connectivity index (χ0) is 17.2. The average Bonchev–Trinajstić information content (AvgIpc) is 2.42. The van der Waals surface area contributed by atoms with Crippen LogP contribution in [0.3, 0.4) is 0 Å². The van der Waals surface area contributed by atoms with Crippen LogP contribution in [0.2, 0.25) is 0 Å². The molecule has 0 atom stereocenters. The lowest BCUT2D eigenvalue weighted by molar-refractivity contribution is -0.110. The van der Waals surface area contributed by atoms with Gasteiger partial charge in [-0.3, -0.25) is 4.79 Å². The Balaban J connectivity index is 2.38. The summed E-state index contributed by atoms with van der Waals surface area (Å²) in [5.41, 5.74) is 2.93. The molecule has 0 N–H and O–H groups in total. The van der Waals surface area contributed by atoms with Gasteiger partial charge in [-0.2, -0.15) is 8.42 Å². The average molecular weight is 330 g/mol. The molecule has 2 rings (SSSR count). The molecule has 5 nitrogen and oxygen atoms in total. The summed E-state index contributed by atoms with van der Waals surface area (Å²) in [6.07, 6.45) is 2.93. The lowest BCUT2D eigenvalue weighted by atomic mass is 9.97. The summed E-state index contributed by atoms with van der Waals surface area (Å²) in [7, 11) is -3.80. The molecule has 0 unspecified atom stereocenters. The highest BCUT2D eigenvalue weighted by Gasteiger charge is 2.16. The van der Waals surface area contributed by atoms with Crippen LogP contribution in [-0.2, 0) is 14.8 Å². The van der Waals surface area contributed by atoms with E-state index in [1.807, 2.05) is 6.92 Å². The maximum absolute atomic E-state index is 12.3. The van der Waals surface area contributed by atoms with Crippen LogP contribution in [0.4, 0.5) is 0 Å². The number of aliphatic imine (C=N–C) groups is 1. The first-order chi connectivity index (χ1) is 10.7. The first-order valence-corrected chi connectivity index (χ1v) is 8.51. The number of aryl methyl sites for hydroxylation is 1. The Morgan fingerprint density at radius 3 is 2.00 bits per heavy atom. The standard InChI is InChI=1S/C17H18N2O3S/c1-11-5-7-16(8-6-11)23(21,22)19-14(4)18-17-12(2)9-15(20)10-13(17)3/h5-10H,1-4H3/b19-14+. The Bertz CT molecular complexity index is 847. The van der Waals surface area contributed by atoms with Crippen molar-refractivity contribution < 1.29 is 13.2 Å². The predicted octanol–water partition coefficient (Wildman–Crippen LogP) is 3.02. The quantitative estimate of drug-likeness (QED) is 0.475. The van der Waals surface area contributed by atoms with Gasteiger partial charge < -0.3 is 0 Å². The molecule has 0 heterocycles. The second kappa shape index (κ2) is 6.42. The lowest BCUT2D eigenvalue weighted by Gasteiger charge is -2.11. The van der Waals surface area contributed by atoms with Gasteiger partial charge in [-0.15, -0.1) is 4.40 Å². The number of ketones is 1. The fraction of sp³-hybridized carbons (Fsp3) is 0.235. The van der Waals surface area contributed by atoms with E-state index in [0.29, 0.717) is 16.9 Å². The highest BCUT2D eigenvalue weighted by atomic mass is 32.2. The smallest absolute Gasteiger partial charge is 0.283 e. The van der Waals surface area contributed by atoms with Gasteiger partial charge in [0, 0.05) is 0 Å². The summed E-state index contributed by atoms with van der Waals surface area (Å²) in [5, 5.41) is 0.